The zero-order chi connectivity index (χ0) is 16.5. The standard InChI is InChI=1S/C16H23FN2O2S/c1-11(2)8-9-18-16(21)12(3)22-10-15(20)19-14-6-4-13(17)5-7-14/h4-7,11-12H,8-10H2,1-3H3,(H,18,21)(H,19,20). The van der Waals surface area contributed by atoms with Gasteiger partial charge in [0.25, 0.3) is 0 Å². The Balaban J connectivity index is 2.27. The molecule has 22 heavy (non-hydrogen) atoms. The van der Waals surface area contributed by atoms with Gasteiger partial charge in [-0.15, -0.1) is 11.8 Å². The highest BCUT2D eigenvalue weighted by atomic mass is 32.2. The highest BCUT2D eigenvalue weighted by Gasteiger charge is 2.15. The molecular formula is C16H23FN2O2S. The lowest BCUT2D eigenvalue weighted by Crippen LogP contribution is -2.33. The van der Waals surface area contributed by atoms with Gasteiger partial charge >= 0.3 is 0 Å². The van der Waals surface area contributed by atoms with Crippen molar-refractivity contribution in [3.8, 4) is 0 Å². The summed E-state index contributed by atoms with van der Waals surface area (Å²) in [5.74, 6) is 0.110. The monoisotopic (exact) mass is 326 g/mol. The minimum absolute atomic E-state index is 0.0553. The van der Waals surface area contributed by atoms with E-state index in [9.17, 15) is 14.0 Å². The van der Waals surface area contributed by atoms with E-state index in [1.54, 1.807) is 6.92 Å². The number of benzene rings is 1. The number of carbonyl (C=O) groups excluding carboxylic acids is 2. The number of hydrogen-bond donors (Lipinski definition) is 2. The molecule has 2 amide bonds. The van der Waals surface area contributed by atoms with E-state index in [0.717, 1.165) is 6.42 Å². The quantitative estimate of drug-likeness (QED) is 0.772. The number of carbonyl (C=O) groups is 2. The number of nitrogens with one attached hydrogen (secondary N) is 2. The Kier molecular flexibility index (Phi) is 7.95. The number of anilines is 1. The van der Waals surface area contributed by atoms with Crippen LogP contribution in [-0.4, -0.2) is 29.4 Å². The molecule has 1 rings (SSSR count). The van der Waals surface area contributed by atoms with Crippen LogP contribution in [0.4, 0.5) is 10.1 Å². The first-order valence-electron chi connectivity index (χ1n) is 7.33. The van der Waals surface area contributed by atoms with Crippen molar-refractivity contribution in [3.63, 3.8) is 0 Å². The van der Waals surface area contributed by atoms with Crippen LogP contribution in [0.15, 0.2) is 24.3 Å². The second-order valence-electron chi connectivity index (χ2n) is 5.48. The highest BCUT2D eigenvalue weighted by molar-refractivity contribution is 8.01. The van der Waals surface area contributed by atoms with E-state index >= 15 is 0 Å². The van der Waals surface area contributed by atoms with E-state index in [1.807, 2.05) is 0 Å². The topological polar surface area (TPSA) is 58.2 Å². The molecule has 0 radical (unpaired) electrons. The summed E-state index contributed by atoms with van der Waals surface area (Å²) in [5, 5.41) is 5.24. The number of halogens is 1. The van der Waals surface area contributed by atoms with Crippen molar-refractivity contribution in [3.05, 3.63) is 30.1 Å². The lowest BCUT2D eigenvalue weighted by molar-refractivity contribution is -0.120. The van der Waals surface area contributed by atoms with Crippen molar-refractivity contribution in [1.82, 2.24) is 5.32 Å². The Labute approximate surface area is 135 Å². The molecule has 0 spiro atoms. The van der Waals surface area contributed by atoms with Crippen molar-refractivity contribution in [1.29, 1.82) is 0 Å². The molecule has 1 atom stereocenters. The van der Waals surface area contributed by atoms with Gasteiger partial charge in [0.2, 0.25) is 11.8 Å². The van der Waals surface area contributed by atoms with Gasteiger partial charge in [0.1, 0.15) is 5.82 Å². The van der Waals surface area contributed by atoms with Gasteiger partial charge in [-0.3, -0.25) is 9.59 Å². The van der Waals surface area contributed by atoms with E-state index in [-0.39, 0.29) is 28.6 Å². The molecule has 2 N–H and O–H groups in total. The smallest absolute Gasteiger partial charge is 0.234 e. The third-order valence-electron chi connectivity index (χ3n) is 2.98. The van der Waals surface area contributed by atoms with E-state index in [2.05, 4.69) is 24.5 Å². The second kappa shape index (κ2) is 9.46. The fourth-order valence-electron chi connectivity index (χ4n) is 1.63. The molecule has 0 aromatic heterocycles. The number of thioether (sulfide) groups is 1. The fraction of sp³-hybridized carbons (Fsp3) is 0.500. The van der Waals surface area contributed by atoms with Crippen LogP contribution in [0.1, 0.15) is 27.2 Å². The van der Waals surface area contributed by atoms with Gasteiger partial charge < -0.3 is 10.6 Å². The summed E-state index contributed by atoms with van der Waals surface area (Å²) in [4.78, 5) is 23.6. The van der Waals surface area contributed by atoms with Crippen molar-refractivity contribution in [2.75, 3.05) is 17.6 Å². The fourth-order valence-corrected chi connectivity index (χ4v) is 2.34. The highest BCUT2D eigenvalue weighted by Crippen LogP contribution is 2.13. The SMILES string of the molecule is CC(C)CCNC(=O)C(C)SCC(=O)Nc1ccc(F)cc1. The van der Waals surface area contributed by atoms with Crippen LogP contribution in [0.2, 0.25) is 0 Å². The lowest BCUT2D eigenvalue weighted by Gasteiger charge is -2.13. The van der Waals surface area contributed by atoms with Gasteiger partial charge in [-0.25, -0.2) is 4.39 Å². The molecule has 0 saturated carbocycles. The average molecular weight is 326 g/mol. The molecule has 4 nitrogen and oxygen atoms in total. The molecule has 1 unspecified atom stereocenters. The first-order valence-corrected chi connectivity index (χ1v) is 8.38. The zero-order valence-corrected chi connectivity index (χ0v) is 14.0. The minimum atomic E-state index is -0.348. The van der Waals surface area contributed by atoms with Crippen molar-refractivity contribution >= 4 is 29.3 Å². The first-order chi connectivity index (χ1) is 10.4. The van der Waals surface area contributed by atoms with Gasteiger partial charge in [-0.2, -0.15) is 0 Å². The maximum atomic E-state index is 12.8. The molecule has 0 heterocycles. The summed E-state index contributed by atoms with van der Waals surface area (Å²) in [6, 6.07) is 5.57. The normalized spacial score (nSPS) is 12.0. The van der Waals surface area contributed by atoms with Crippen molar-refractivity contribution in [2.45, 2.75) is 32.4 Å². The third-order valence-corrected chi connectivity index (χ3v) is 4.13. The molecule has 0 aliphatic rings. The average Bonchev–Trinajstić information content (AvgIpc) is 2.46. The van der Waals surface area contributed by atoms with Crippen LogP contribution >= 0.6 is 11.8 Å². The van der Waals surface area contributed by atoms with Crippen LogP contribution < -0.4 is 10.6 Å². The molecule has 0 fully saturated rings. The molecule has 122 valence electrons. The molecule has 1 aromatic rings. The van der Waals surface area contributed by atoms with Crippen LogP contribution in [-0.2, 0) is 9.59 Å². The maximum Gasteiger partial charge on any atom is 0.234 e. The molecular weight excluding hydrogens is 303 g/mol. The molecule has 0 saturated heterocycles. The van der Waals surface area contributed by atoms with Gasteiger partial charge in [0.15, 0.2) is 0 Å². The summed E-state index contributed by atoms with van der Waals surface area (Å²) in [6.07, 6.45) is 0.939. The summed E-state index contributed by atoms with van der Waals surface area (Å²) in [6.45, 7) is 6.64. The molecule has 0 aliphatic carbocycles. The second-order valence-corrected chi connectivity index (χ2v) is 6.81. The summed E-state index contributed by atoms with van der Waals surface area (Å²) >= 11 is 1.28. The van der Waals surface area contributed by atoms with Gasteiger partial charge in [-0.1, -0.05) is 13.8 Å². The Morgan fingerprint density at radius 3 is 2.41 bits per heavy atom. The maximum absolute atomic E-state index is 12.8. The van der Waals surface area contributed by atoms with Crippen LogP contribution in [0.5, 0.6) is 0 Å². The van der Waals surface area contributed by atoms with Crippen LogP contribution in [0.25, 0.3) is 0 Å². The molecule has 6 heteroatoms. The predicted octanol–water partition coefficient (Wildman–Crippen LogP) is 3.05. The largest absolute Gasteiger partial charge is 0.355 e. The van der Waals surface area contributed by atoms with E-state index < -0.39 is 0 Å². The van der Waals surface area contributed by atoms with E-state index in [0.29, 0.717) is 18.2 Å². The Hall–Kier alpha value is -1.56. The lowest BCUT2D eigenvalue weighted by atomic mass is 10.1. The van der Waals surface area contributed by atoms with Crippen LogP contribution in [0, 0.1) is 11.7 Å². The van der Waals surface area contributed by atoms with E-state index in [4.69, 9.17) is 0 Å². The summed E-state index contributed by atoms with van der Waals surface area (Å²) < 4.78 is 12.8. The third kappa shape index (κ3) is 7.45. The van der Waals surface area contributed by atoms with Gasteiger partial charge in [0, 0.05) is 12.2 Å². The van der Waals surface area contributed by atoms with Crippen molar-refractivity contribution < 1.29 is 14.0 Å². The molecule has 1 aromatic carbocycles. The predicted molar refractivity (Wildman–Crippen MR) is 89.4 cm³/mol. The number of rotatable bonds is 8. The van der Waals surface area contributed by atoms with Crippen LogP contribution in [0.3, 0.4) is 0 Å². The minimum Gasteiger partial charge on any atom is -0.355 e. The Morgan fingerprint density at radius 1 is 1.18 bits per heavy atom. The summed E-state index contributed by atoms with van der Waals surface area (Å²) in [7, 11) is 0. The van der Waals surface area contributed by atoms with Gasteiger partial charge in [0.05, 0.1) is 11.0 Å². The Morgan fingerprint density at radius 2 is 1.82 bits per heavy atom. The van der Waals surface area contributed by atoms with Crippen molar-refractivity contribution in [2.24, 2.45) is 5.92 Å². The van der Waals surface area contributed by atoms with E-state index in [1.165, 1.54) is 36.0 Å². The number of hydrogen-bond acceptors (Lipinski definition) is 3. The summed E-state index contributed by atoms with van der Waals surface area (Å²) in [5.41, 5.74) is 0.543. The first kappa shape index (κ1) is 18.5. The molecule has 0 aliphatic heterocycles. The molecule has 0 bridgehead atoms. The van der Waals surface area contributed by atoms with Gasteiger partial charge in [-0.05, 0) is 43.5 Å². The number of amides is 2. The zero-order valence-electron chi connectivity index (χ0n) is 13.2. The Bertz CT molecular complexity index is 491.